The third kappa shape index (κ3) is 3.70. The second-order valence-electron chi connectivity index (χ2n) is 6.28. The van der Waals surface area contributed by atoms with Crippen molar-refractivity contribution in [3.05, 3.63) is 59.0 Å². The number of hydrogen-bond acceptors (Lipinski definition) is 4. The van der Waals surface area contributed by atoms with Gasteiger partial charge in [0.1, 0.15) is 17.1 Å². The Morgan fingerprint density at radius 1 is 1.19 bits per heavy atom. The van der Waals surface area contributed by atoms with Gasteiger partial charge in [0.15, 0.2) is 5.76 Å². The van der Waals surface area contributed by atoms with Crippen LogP contribution in [-0.2, 0) is 4.74 Å². The Hall–Kier alpha value is -2.86. The Balaban J connectivity index is 2.05. The van der Waals surface area contributed by atoms with Crippen LogP contribution in [0.3, 0.4) is 0 Å². The van der Waals surface area contributed by atoms with Crippen LogP contribution >= 0.6 is 0 Å². The highest BCUT2D eigenvalue weighted by molar-refractivity contribution is 5.94. The van der Waals surface area contributed by atoms with E-state index < -0.39 is 0 Å². The van der Waals surface area contributed by atoms with Crippen LogP contribution in [0.2, 0.25) is 0 Å². The van der Waals surface area contributed by atoms with E-state index in [0.717, 1.165) is 22.6 Å². The molecule has 3 rings (SSSR count). The average molecular weight is 353 g/mol. The molecule has 0 aliphatic heterocycles. The molecule has 26 heavy (non-hydrogen) atoms. The number of furan rings is 1. The quantitative estimate of drug-likeness (QED) is 0.689. The number of nitrogens with one attached hydrogen (secondary N) is 1. The van der Waals surface area contributed by atoms with Gasteiger partial charge in [-0.25, -0.2) is 4.68 Å². The lowest BCUT2D eigenvalue weighted by atomic mass is 10.1. The zero-order valence-corrected chi connectivity index (χ0v) is 15.5. The highest BCUT2D eigenvalue weighted by atomic mass is 16.5. The van der Waals surface area contributed by atoms with Crippen LogP contribution in [0.15, 0.2) is 40.8 Å². The monoisotopic (exact) mass is 353 g/mol. The highest BCUT2D eigenvalue weighted by Crippen LogP contribution is 2.25. The molecule has 1 N–H and O–H groups in total. The fraction of sp³-hybridized carbons (Fsp3) is 0.300. The minimum Gasteiger partial charge on any atom is -0.460 e. The molecule has 0 atom stereocenters. The minimum absolute atomic E-state index is 0.205. The molecule has 1 aromatic carbocycles. The first-order valence-electron chi connectivity index (χ1n) is 8.51. The molecule has 0 saturated heterocycles. The number of aryl methyl sites for hydroxylation is 3. The Morgan fingerprint density at radius 2 is 2.00 bits per heavy atom. The van der Waals surface area contributed by atoms with Crippen molar-refractivity contribution >= 4 is 5.91 Å². The lowest BCUT2D eigenvalue weighted by Gasteiger charge is -2.11. The summed E-state index contributed by atoms with van der Waals surface area (Å²) in [5.74, 6) is 1.23. The molecule has 0 saturated carbocycles. The minimum atomic E-state index is -0.205. The summed E-state index contributed by atoms with van der Waals surface area (Å²) >= 11 is 0. The SMILES string of the molecule is COCCNC(=O)c1cc(-c2ccc(C)o2)nn1-c1ccc(C)cc1C. The van der Waals surface area contributed by atoms with Gasteiger partial charge in [0.2, 0.25) is 0 Å². The number of amides is 1. The zero-order chi connectivity index (χ0) is 18.7. The molecule has 136 valence electrons. The van der Waals surface area contributed by atoms with Crippen LogP contribution in [0.4, 0.5) is 0 Å². The number of hydrogen-bond donors (Lipinski definition) is 1. The van der Waals surface area contributed by atoms with Crippen molar-refractivity contribution in [3.63, 3.8) is 0 Å². The van der Waals surface area contributed by atoms with Gasteiger partial charge in [0.25, 0.3) is 5.91 Å². The van der Waals surface area contributed by atoms with Gasteiger partial charge in [-0.15, -0.1) is 0 Å². The molecule has 0 unspecified atom stereocenters. The third-order valence-corrected chi connectivity index (χ3v) is 4.11. The maximum atomic E-state index is 12.7. The van der Waals surface area contributed by atoms with Gasteiger partial charge in [-0.05, 0) is 44.5 Å². The summed E-state index contributed by atoms with van der Waals surface area (Å²) < 4.78 is 12.3. The van der Waals surface area contributed by atoms with Crippen LogP contribution in [0, 0.1) is 20.8 Å². The topological polar surface area (TPSA) is 69.3 Å². The summed E-state index contributed by atoms with van der Waals surface area (Å²) in [6.07, 6.45) is 0. The number of rotatable bonds is 6. The first-order chi connectivity index (χ1) is 12.5. The number of methoxy groups -OCH3 is 1. The van der Waals surface area contributed by atoms with Gasteiger partial charge in [-0.3, -0.25) is 4.79 Å². The Labute approximate surface area is 152 Å². The third-order valence-electron chi connectivity index (χ3n) is 4.11. The smallest absolute Gasteiger partial charge is 0.270 e. The second kappa shape index (κ2) is 7.58. The zero-order valence-electron chi connectivity index (χ0n) is 15.5. The first-order valence-corrected chi connectivity index (χ1v) is 8.51. The van der Waals surface area contributed by atoms with Gasteiger partial charge in [0, 0.05) is 19.7 Å². The van der Waals surface area contributed by atoms with Crippen LogP contribution in [-0.4, -0.2) is 35.9 Å². The predicted molar refractivity (Wildman–Crippen MR) is 99.7 cm³/mol. The lowest BCUT2D eigenvalue weighted by molar-refractivity contribution is 0.0929. The maximum absolute atomic E-state index is 12.7. The highest BCUT2D eigenvalue weighted by Gasteiger charge is 2.19. The van der Waals surface area contributed by atoms with Crippen molar-refractivity contribution in [1.29, 1.82) is 0 Å². The molecule has 2 aromatic heterocycles. The number of benzene rings is 1. The van der Waals surface area contributed by atoms with Crippen LogP contribution < -0.4 is 5.32 Å². The number of carbonyl (C=O) groups excluding carboxylic acids is 1. The standard InChI is InChI=1S/C20H23N3O3/c1-13-5-7-17(14(2)11-13)23-18(20(24)21-9-10-25-4)12-16(22-23)19-8-6-15(3)26-19/h5-8,11-12H,9-10H2,1-4H3,(H,21,24). The molecule has 0 aliphatic carbocycles. The van der Waals surface area contributed by atoms with Crippen molar-refractivity contribution in [1.82, 2.24) is 15.1 Å². The van der Waals surface area contributed by atoms with Crippen LogP contribution in [0.25, 0.3) is 17.1 Å². The van der Waals surface area contributed by atoms with Crippen LogP contribution in [0.1, 0.15) is 27.4 Å². The summed E-state index contributed by atoms with van der Waals surface area (Å²) in [5.41, 5.74) is 4.14. The molecular weight excluding hydrogens is 330 g/mol. The normalized spacial score (nSPS) is 10.9. The van der Waals surface area contributed by atoms with Crippen molar-refractivity contribution in [2.45, 2.75) is 20.8 Å². The fourth-order valence-corrected chi connectivity index (χ4v) is 2.82. The molecule has 0 spiro atoms. The Kier molecular flexibility index (Phi) is 5.23. The van der Waals surface area contributed by atoms with E-state index in [1.807, 2.05) is 45.0 Å². The Morgan fingerprint density at radius 3 is 2.65 bits per heavy atom. The number of carbonyl (C=O) groups is 1. The van der Waals surface area contributed by atoms with Crippen molar-refractivity contribution in [3.8, 4) is 17.1 Å². The molecule has 0 fully saturated rings. The van der Waals surface area contributed by atoms with E-state index in [2.05, 4.69) is 16.5 Å². The molecule has 0 aliphatic rings. The molecule has 0 bridgehead atoms. The largest absolute Gasteiger partial charge is 0.460 e. The van der Waals surface area contributed by atoms with Crippen molar-refractivity contribution in [2.24, 2.45) is 0 Å². The summed E-state index contributed by atoms with van der Waals surface area (Å²) in [7, 11) is 1.60. The molecule has 2 heterocycles. The summed E-state index contributed by atoms with van der Waals surface area (Å²) in [6, 6.07) is 11.5. The van der Waals surface area contributed by atoms with Crippen molar-refractivity contribution in [2.75, 3.05) is 20.3 Å². The maximum Gasteiger partial charge on any atom is 0.270 e. The summed E-state index contributed by atoms with van der Waals surface area (Å²) in [6.45, 7) is 6.81. The fourth-order valence-electron chi connectivity index (χ4n) is 2.82. The Bertz CT molecular complexity index is 924. The van der Waals surface area contributed by atoms with Gasteiger partial charge in [-0.1, -0.05) is 17.7 Å². The molecule has 1 amide bonds. The van der Waals surface area contributed by atoms with Crippen LogP contribution in [0.5, 0.6) is 0 Å². The van der Waals surface area contributed by atoms with Crippen molar-refractivity contribution < 1.29 is 13.9 Å². The number of ether oxygens (including phenoxy) is 1. The molecule has 6 nitrogen and oxygen atoms in total. The van der Waals surface area contributed by atoms with E-state index in [0.29, 0.717) is 30.3 Å². The van der Waals surface area contributed by atoms with Gasteiger partial charge in [0.05, 0.1) is 12.3 Å². The van der Waals surface area contributed by atoms with Gasteiger partial charge >= 0.3 is 0 Å². The van der Waals surface area contributed by atoms with E-state index >= 15 is 0 Å². The lowest BCUT2D eigenvalue weighted by Crippen LogP contribution is -2.29. The van der Waals surface area contributed by atoms with E-state index in [4.69, 9.17) is 9.15 Å². The molecule has 3 aromatic rings. The summed E-state index contributed by atoms with van der Waals surface area (Å²) in [4.78, 5) is 12.7. The first kappa shape index (κ1) is 17.9. The number of nitrogens with zero attached hydrogens (tertiary/aromatic N) is 2. The second-order valence-corrected chi connectivity index (χ2v) is 6.28. The van der Waals surface area contributed by atoms with Gasteiger partial charge < -0.3 is 14.5 Å². The van der Waals surface area contributed by atoms with E-state index in [9.17, 15) is 4.79 Å². The molecule has 6 heteroatoms. The molecule has 0 radical (unpaired) electrons. The predicted octanol–water partition coefficient (Wildman–Crippen LogP) is 3.43. The number of aromatic nitrogens is 2. The summed E-state index contributed by atoms with van der Waals surface area (Å²) in [5, 5.41) is 7.49. The van der Waals surface area contributed by atoms with E-state index in [1.165, 1.54) is 0 Å². The molecular formula is C20H23N3O3. The average Bonchev–Trinajstić information content (AvgIpc) is 3.21. The van der Waals surface area contributed by atoms with E-state index in [1.54, 1.807) is 17.9 Å². The van der Waals surface area contributed by atoms with Gasteiger partial charge in [-0.2, -0.15) is 5.10 Å². The van der Waals surface area contributed by atoms with E-state index in [-0.39, 0.29) is 5.91 Å².